The van der Waals surface area contributed by atoms with Crippen molar-refractivity contribution in [3.05, 3.63) is 17.5 Å². The lowest BCUT2D eigenvalue weighted by molar-refractivity contribution is -0.141. The Morgan fingerprint density at radius 2 is 2.17 bits per heavy atom. The van der Waals surface area contributed by atoms with E-state index in [2.05, 4.69) is 10.0 Å². The molecule has 0 bridgehead atoms. The minimum atomic E-state index is -3.71. The van der Waals surface area contributed by atoms with E-state index in [-0.39, 0.29) is 4.21 Å². The van der Waals surface area contributed by atoms with Gasteiger partial charge >= 0.3 is 5.97 Å². The number of carboxylic acid groups (broad SMARTS) is 1. The number of amides is 1. The monoisotopic (exact) mass is 292 g/mol. The molecular weight excluding hydrogens is 280 g/mol. The van der Waals surface area contributed by atoms with E-state index in [4.69, 9.17) is 5.11 Å². The van der Waals surface area contributed by atoms with E-state index in [1.165, 1.54) is 13.0 Å². The first-order chi connectivity index (χ1) is 8.33. The first kappa shape index (κ1) is 14.6. The molecule has 1 atom stereocenters. The number of hydrogen-bond donors (Lipinski definition) is 3. The van der Waals surface area contributed by atoms with Crippen molar-refractivity contribution < 1.29 is 23.1 Å². The highest BCUT2D eigenvalue weighted by Gasteiger charge is 2.18. The maximum absolute atomic E-state index is 11.6. The molecule has 18 heavy (non-hydrogen) atoms. The summed E-state index contributed by atoms with van der Waals surface area (Å²) < 4.78 is 25.4. The maximum Gasteiger partial charge on any atom is 0.325 e. The van der Waals surface area contributed by atoms with Crippen molar-refractivity contribution in [2.75, 3.05) is 6.54 Å². The molecule has 0 aliphatic heterocycles. The zero-order chi connectivity index (χ0) is 13.8. The van der Waals surface area contributed by atoms with Crippen LogP contribution in [-0.2, 0) is 19.6 Å². The molecule has 1 aromatic rings. The molecule has 1 unspecified atom stereocenters. The normalized spacial score (nSPS) is 12.9. The average molecular weight is 292 g/mol. The minimum Gasteiger partial charge on any atom is -0.480 e. The second-order valence-corrected chi connectivity index (χ2v) is 6.33. The van der Waals surface area contributed by atoms with Crippen LogP contribution in [0.5, 0.6) is 0 Å². The Hall–Kier alpha value is -1.45. The summed E-state index contributed by atoms with van der Waals surface area (Å²) in [7, 11) is -3.71. The molecule has 1 rings (SSSR count). The fraction of sp³-hybridized carbons (Fsp3) is 0.333. The van der Waals surface area contributed by atoms with Gasteiger partial charge in [-0.05, 0) is 18.4 Å². The van der Waals surface area contributed by atoms with Gasteiger partial charge in [-0.2, -0.15) is 0 Å². The number of nitrogens with one attached hydrogen (secondary N) is 2. The van der Waals surface area contributed by atoms with Crippen LogP contribution in [0.2, 0.25) is 0 Å². The van der Waals surface area contributed by atoms with E-state index in [9.17, 15) is 18.0 Å². The van der Waals surface area contributed by atoms with E-state index in [0.29, 0.717) is 0 Å². The van der Waals surface area contributed by atoms with Gasteiger partial charge in [-0.1, -0.05) is 6.07 Å². The SMILES string of the molecule is CC(NC(=O)CNS(=O)(=O)c1cccs1)C(=O)O. The summed E-state index contributed by atoms with van der Waals surface area (Å²) in [4.78, 5) is 21.7. The van der Waals surface area contributed by atoms with Crippen LogP contribution in [0.1, 0.15) is 6.92 Å². The topological polar surface area (TPSA) is 113 Å². The van der Waals surface area contributed by atoms with E-state index in [1.54, 1.807) is 11.4 Å². The molecule has 100 valence electrons. The smallest absolute Gasteiger partial charge is 0.325 e. The molecule has 1 amide bonds. The van der Waals surface area contributed by atoms with Crippen LogP contribution < -0.4 is 10.0 Å². The second kappa shape index (κ2) is 5.94. The Kier molecular flexibility index (Phi) is 4.82. The molecule has 0 aromatic carbocycles. The number of thiophene rings is 1. The summed E-state index contributed by atoms with van der Waals surface area (Å²) in [5.74, 6) is -1.89. The Balaban J connectivity index is 2.51. The van der Waals surface area contributed by atoms with Gasteiger partial charge in [0.15, 0.2) is 0 Å². The highest BCUT2D eigenvalue weighted by molar-refractivity contribution is 7.91. The van der Waals surface area contributed by atoms with E-state index in [0.717, 1.165) is 11.3 Å². The van der Waals surface area contributed by atoms with Crippen LogP contribution in [0.4, 0.5) is 0 Å². The standard InChI is InChI=1S/C9H12N2O5S2/c1-6(9(13)14)11-7(12)5-10-18(15,16)8-3-2-4-17-8/h2-4,6,10H,5H2,1H3,(H,11,12)(H,13,14). The molecule has 0 fully saturated rings. The number of rotatable bonds is 6. The van der Waals surface area contributed by atoms with Crippen LogP contribution in [0.15, 0.2) is 21.7 Å². The fourth-order valence-electron chi connectivity index (χ4n) is 1.00. The van der Waals surface area contributed by atoms with Gasteiger partial charge < -0.3 is 10.4 Å². The van der Waals surface area contributed by atoms with Crippen molar-refractivity contribution in [3.63, 3.8) is 0 Å². The second-order valence-electron chi connectivity index (χ2n) is 3.38. The zero-order valence-corrected chi connectivity index (χ0v) is 11.0. The highest BCUT2D eigenvalue weighted by atomic mass is 32.2. The minimum absolute atomic E-state index is 0.0987. The van der Waals surface area contributed by atoms with Gasteiger partial charge in [0.05, 0.1) is 6.54 Å². The number of carbonyl (C=O) groups is 2. The van der Waals surface area contributed by atoms with Gasteiger partial charge in [0, 0.05) is 0 Å². The van der Waals surface area contributed by atoms with Crippen LogP contribution >= 0.6 is 11.3 Å². The van der Waals surface area contributed by atoms with Crippen molar-refractivity contribution >= 4 is 33.2 Å². The first-order valence-corrected chi connectivity index (χ1v) is 7.24. The third-order valence-electron chi connectivity index (χ3n) is 1.93. The fourth-order valence-corrected chi connectivity index (χ4v) is 3.02. The van der Waals surface area contributed by atoms with E-state index < -0.39 is 34.5 Å². The molecular formula is C9H12N2O5S2. The third kappa shape index (κ3) is 4.09. The van der Waals surface area contributed by atoms with Crippen LogP contribution in [-0.4, -0.2) is 38.0 Å². The lowest BCUT2D eigenvalue weighted by Crippen LogP contribution is -2.43. The van der Waals surface area contributed by atoms with Crippen molar-refractivity contribution in [2.24, 2.45) is 0 Å². The summed E-state index contributed by atoms with van der Waals surface area (Å²) in [5.41, 5.74) is 0. The van der Waals surface area contributed by atoms with Gasteiger partial charge in [0.25, 0.3) is 10.0 Å². The van der Waals surface area contributed by atoms with Crippen molar-refractivity contribution in [1.29, 1.82) is 0 Å². The molecule has 0 spiro atoms. The number of sulfonamides is 1. The molecule has 1 heterocycles. The summed E-state index contributed by atoms with van der Waals surface area (Å²) >= 11 is 1.02. The van der Waals surface area contributed by atoms with Crippen LogP contribution in [0.3, 0.4) is 0 Å². The van der Waals surface area contributed by atoms with Crippen molar-refractivity contribution in [2.45, 2.75) is 17.2 Å². The molecule has 0 radical (unpaired) electrons. The summed E-state index contributed by atoms with van der Waals surface area (Å²) in [5, 5.41) is 12.3. The Morgan fingerprint density at radius 1 is 1.50 bits per heavy atom. The van der Waals surface area contributed by atoms with Gasteiger partial charge in [0.2, 0.25) is 5.91 Å². The predicted molar refractivity (Wildman–Crippen MR) is 64.7 cm³/mol. The largest absolute Gasteiger partial charge is 0.480 e. The summed E-state index contributed by atoms with van der Waals surface area (Å²) in [6, 6.07) is 1.92. The lowest BCUT2D eigenvalue weighted by Gasteiger charge is -2.09. The Labute approximate surface area is 108 Å². The van der Waals surface area contributed by atoms with Gasteiger partial charge in [-0.25, -0.2) is 13.1 Å². The zero-order valence-electron chi connectivity index (χ0n) is 9.41. The van der Waals surface area contributed by atoms with Crippen molar-refractivity contribution in [1.82, 2.24) is 10.0 Å². The molecule has 1 aromatic heterocycles. The predicted octanol–water partition coefficient (Wildman–Crippen LogP) is -0.384. The first-order valence-electron chi connectivity index (χ1n) is 4.88. The van der Waals surface area contributed by atoms with Crippen LogP contribution in [0, 0.1) is 0 Å². The quantitative estimate of drug-likeness (QED) is 0.661. The van der Waals surface area contributed by atoms with E-state index in [1.807, 2.05) is 0 Å². The molecule has 0 saturated carbocycles. The molecule has 3 N–H and O–H groups in total. The molecule has 0 aliphatic carbocycles. The summed E-state index contributed by atoms with van der Waals surface area (Å²) in [6.07, 6.45) is 0. The van der Waals surface area contributed by atoms with Gasteiger partial charge in [-0.3, -0.25) is 9.59 Å². The van der Waals surface area contributed by atoms with E-state index >= 15 is 0 Å². The van der Waals surface area contributed by atoms with Gasteiger partial charge in [-0.15, -0.1) is 11.3 Å². The molecule has 7 nitrogen and oxygen atoms in total. The van der Waals surface area contributed by atoms with Crippen molar-refractivity contribution in [3.8, 4) is 0 Å². The molecule has 0 aliphatic rings. The molecule has 9 heteroatoms. The average Bonchev–Trinajstić information content (AvgIpc) is 2.80. The number of carbonyl (C=O) groups excluding carboxylic acids is 1. The Bertz CT molecular complexity index is 523. The number of aliphatic carboxylic acids is 1. The number of hydrogen-bond acceptors (Lipinski definition) is 5. The van der Waals surface area contributed by atoms with Gasteiger partial charge in [0.1, 0.15) is 10.3 Å². The van der Waals surface area contributed by atoms with Crippen LogP contribution in [0.25, 0.3) is 0 Å². The maximum atomic E-state index is 11.6. The third-order valence-corrected chi connectivity index (χ3v) is 4.73. The summed E-state index contributed by atoms with van der Waals surface area (Å²) in [6.45, 7) is 0.784. The highest BCUT2D eigenvalue weighted by Crippen LogP contribution is 2.14. The molecule has 0 saturated heterocycles. The lowest BCUT2D eigenvalue weighted by atomic mass is 10.3. The number of carboxylic acids is 1. The Morgan fingerprint density at radius 3 is 2.67 bits per heavy atom.